The molecule has 25 heavy (non-hydrogen) atoms. The summed E-state index contributed by atoms with van der Waals surface area (Å²) >= 11 is 0. The number of nitrogens with zero attached hydrogens (tertiary/aromatic N) is 2. The van der Waals surface area contributed by atoms with Gasteiger partial charge in [-0.3, -0.25) is 4.79 Å². The summed E-state index contributed by atoms with van der Waals surface area (Å²) in [6, 6.07) is 7.72. The van der Waals surface area contributed by atoms with Crippen molar-refractivity contribution in [3.05, 3.63) is 30.0 Å². The van der Waals surface area contributed by atoms with Gasteiger partial charge in [0.25, 0.3) is 0 Å². The van der Waals surface area contributed by atoms with E-state index in [4.69, 9.17) is 14.0 Å². The Kier molecular flexibility index (Phi) is 4.25. The van der Waals surface area contributed by atoms with E-state index >= 15 is 0 Å². The number of para-hydroxylation sites is 1. The molecule has 3 atom stereocenters. The summed E-state index contributed by atoms with van der Waals surface area (Å²) in [4.78, 5) is 15.0. The third-order valence-electron chi connectivity index (χ3n) is 5.97. The fourth-order valence-electron chi connectivity index (χ4n) is 4.49. The number of benzene rings is 1. The maximum Gasteiger partial charge on any atom is 0.229 e. The first-order valence-corrected chi connectivity index (χ1v) is 8.87. The second kappa shape index (κ2) is 6.42. The molecule has 6 heteroatoms. The van der Waals surface area contributed by atoms with E-state index in [1.165, 1.54) is 0 Å². The van der Waals surface area contributed by atoms with Crippen molar-refractivity contribution in [3.8, 4) is 0 Å². The molecule has 2 heterocycles. The minimum Gasteiger partial charge on any atom is -0.381 e. The molecular formula is C19H24N2O4. The fraction of sp³-hybridized carbons (Fsp3) is 0.579. The topological polar surface area (TPSA) is 64.8 Å². The number of hydrogen-bond acceptors (Lipinski definition) is 5. The number of rotatable bonds is 4. The molecule has 2 fully saturated rings. The Labute approximate surface area is 147 Å². The summed E-state index contributed by atoms with van der Waals surface area (Å²) in [7, 11) is 3.51. The average molecular weight is 344 g/mol. The Bertz CT molecular complexity index is 774. The Morgan fingerprint density at radius 2 is 2.20 bits per heavy atom. The van der Waals surface area contributed by atoms with E-state index in [0.717, 1.165) is 43.2 Å². The van der Waals surface area contributed by atoms with E-state index in [-0.39, 0.29) is 30.1 Å². The van der Waals surface area contributed by atoms with Crippen molar-refractivity contribution < 1.29 is 18.8 Å². The minimum absolute atomic E-state index is 0.0712. The average Bonchev–Trinajstić information content (AvgIpc) is 3.23. The molecule has 1 aliphatic heterocycles. The molecule has 1 saturated heterocycles. The predicted octanol–water partition coefficient (Wildman–Crippen LogP) is 2.56. The fourth-order valence-corrected chi connectivity index (χ4v) is 4.49. The third-order valence-corrected chi connectivity index (χ3v) is 5.97. The smallest absolute Gasteiger partial charge is 0.229 e. The number of amides is 1. The van der Waals surface area contributed by atoms with Crippen molar-refractivity contribution in [1.82, 2.24) is 10.1 Å². The van der Waals surface area contributed by atoms with Crippen LogP contribution in [0.15, 0.2) is 28.8 Å². The number of carbonyl (C=O) groups excluding carboxylic acids is 1. The predicted molar refractivity (Wildman–Crippen MR) is 92.2 cm³/mol. The maximum absolute atomic E-state index is 13.0. The molecule has 1 aliphatic carbocycles. The van der Waals surface area contributed by atoms with Crippen LogP contribution in [0.3, 0.4) is 0 Å². The molecule has 6 nitrogen and oxygen atoms in total. The molecule has 0 radical (unpaired) electrons. The van der Waals surface area contributed by atoms with Crippen LogP contribution in [0.1, 0.15) is 31.4 Å². The lowest BCUT2D eigenvalue weighted by Gasteiger charge is -2.43. The van der Waals surface area contributed by atoms with E-state index in [0.29, 0.717) is 5.69 Å². The highest BCUT2D eigenvalue weighted by Gasteiger charge is 2.52. The van der Waals surface area contributed by atoms with Crippen LogP contribution in [0.4, 0.5) is 0 Å². The van der Waals surface area contributed by atoms with E-state index in [2.05, 4.69) is 5.16 Å². The van der Waals surface area contributed by atoms with Gasteiger partial charge >= 0.3 is 0 Å². The SMILES string of the molecule is CO[C@@H]1CC[C@@]2(OC)CCN(C(=O)Cc3noc4ccccc34)[C@H]2C1. The van der Waals surface area contributed by atoms with E-state index in [1.54, 1.807) is 14.2 Å². The highest BCUT2D eigenvalue weighted by atomic mass is 16.5. The third kappa shape index (κ3) is 2.73. The summed E-state index contributed by atoms with van der Waals surface area (Å²) in [5, 5.41) is 5.01. The number of carbonyl (C=O) groups is 1. The van der Waals surface area contributed by atoms with Gasteiger partial charge in [0.1, 0.15) is 5.69 Å². The van der Waals surface area contributed by atoms with Gasteiger partial charge in [0.15, 0.2) is 5.58 Å². The van der Waals surface area contributed by atoms with Crippen molar-refractivity contribution in [1.29, 1.82) is 0 Å². The van der Waals surface area contributed by atoms with Crippen LogP contribution in [0.2, 0.25) is 0 Å². The van der Waals surface area contributed by atoms with Gasteiger partial charge in [-0.1, -0.05) is 17.3 Å². The first kappa shape index (κ1) is 16.5. The van der Waals surface area contributed by atoms with Gasteiger partial charge in [0, 0.05) is 26.2 Å². The van der Waals surface area contributed by atoms with Gasteiger partial charge in [-0.2, -0.15) is 0 Å². The summed E-state index contributed by atoms with van der Waals surface area (Å²) in [5.41, 5.74) is 1.20. The number of likely N-dealkylation sites (tertiary alicyclic amines) is 1. The molecular weight excluding hydrogens is 320 g/mol. The van der Waals surface area contributed by atoms with Gasteiger partial charge in [0.05, 0.1) is 24.2 Å². The molecule has 1 aromatic heterocycles. The standard InChI is InChI=1S/C19H24N2O4/c1-23-13-7-8-19(24-2)9-10-21(17(19)11-13)18(22)12-15-14-5-3-4-6-16(14)25-20-15/h3-6,13,17H,7-12H2,1-2H3/t13-,17+,19-/m1/s1. The zero-order chi connectivity index (χ0) is 17.4. The van der Waals surface area contributed by atoms with Crippen LogP contribution in [-0.2, 0) is 20.7 Å². The zero-order valence-corrected chi connectivity index (χ0v) is 14.7. The lowest BCUT2D eigenvalue weighted by atomic mass is 9.79. The minimum atomic E-state index is -0.226. The van der Waals surface area contributed by atoms with Crippen molar-refractivity contribution in [2.75, 3.05) is 20.8 Å². The molecule has 0 unspecified atom stereocenters. The van der Waals surface area contributed by atoms with Crippen LogP contribution in [0, 0.1) is 0 Å². The van der Waals surface area contributed by atoms with Crippen LogP contribution in [-0.4, -0.2) is 54.5 Å². The monoisotopic (exact) mass is 344 g/mol. The number of aromatic nitrogens is 1. The highest BCUT2D eigenvalue weighted by molar-refractivity contribution is 5.86. The van der Waals surface area contributed by atoms with Crippen molar-refractivity contribution >= 4 is 16.9 Å². The molecule has 2 aliphatic rings. The van der Waals surface area contributed by atoms with Gasteiger partial charge in [-0.25, -0.2) is 0 Å². The zero-order valence-electron chi connectivity index (χ0n) is 14.7. The lowest BCUT2D eigenvalue weighted by Crippen LogP contribution is -2.53. The highest BCUT2D eigenvalue weighted by Crippen LogP contribution is 2.43. The maximum atomic E-state index is 13.0. The molecule has 0 N–H and O–H groups in total. The van der Waals surface area contributed by atoms with Crippen LogP contribution < -0.4 is 0 Å². The molecule has 1 saturated carbocycles. The molecule has 2 aromatic rings. The Balaban J connectivity index is 1.55. The molecule has 0 bridgehead atoms. The van der Waals surface area contributed by atoms with Gasteiger partial charge in [-0.05, 0) is 37.8 Å². The Morgan fingerprint density at radius 1 is 1.36 bits per heavy atom. The normalized spacial score (nSPS) is 29.1. The summed E-state index contributed by atoms with van der Waals surface area (Å²) in [6.07, 6.45) is 4.07. The molecule has 1 amide bonds. The van der Waals surface area contributed by atoms with Gasteiger partial charge in [0.2, 0.25) is 5.91 Å². The quantitative estimate of drug-likeness (QED) is 0.853. The van der Waals surface area contributed by atoms with Crippen LogP contribution >= 0.6 is 0 Å². The summed E-state index contributed by atoms with van der Waals surface area (Å²) < 4.78 is 16.8. The van der Waals surface area contributed by atoms with Gasteiger partial charge in [-0.15, -0.1) is 0 Å². The van der Waals surface area contributed by atoms with Gasteiger partial charge < -0.3 is 18.9 Å². The van der Waals surface area contributed by atoms with E-state index in [1.807, 2.05) is 29.2 Å². The number of ether oxygens (including phenoxy) is 2. The van der Waals surface area contributed by atoms with Crippen molar-refractivity contribution in [2.45, 2.75) is 49.9 Å². The summed E-state index contributed by atoms with van der Waals surface area (Å²) in [5.74, 6) is 0.0831. The van der Waals surface area contributed by atoms with Crippen LogP contribution in [0.5, 0.6) is 0 Å². The first-order valence-electron chi connectivity index (χ1n) is 8.87. The molecule has 4 rings (SSSR count). The van der Waals surface area contributed by atoms with Crippen molar-refractivity contribution in [2.24, 2.45) is 0 Å². The first-order chi connectivity index (χ1) is 12.2. The molecule has 134 valence electrons. The largest absolute Gasteiger partial charge is 0.381 e. The summed E-state index contributed by atoms with van der Waals surface area (Å²) in [6.45, 7) is 0.726. The number of hydrogen-bond donors (Lipinski definition) is 0. The van der Waals surface area contributed by atoms with Crippen molar-refractivity contribution in [3.63, 3.8) is 0 Å². The molecule has 0 spiro atoms. The van der Waals surface area contributed by atoms with E-state index < -0.39 is 0 Å². The lowest BCUT2D eigenvalue weighted by molar-refractivity contribution is -0.140. The van der Waals surface area contributed by atoms with E-state index in [9.17, 15) is 4.79 Å². The molecule has 1 aromatic carbocycles. The second-order valence-corrected chi connectivity index (χ2v) is 7.06. The Hall–Kier alpha value is -1.92. The van der Waals surface area contributed by atoms with Crippen LogP contribution in [0.25, 0.3) is 11.0 Å². The second-order valence-electron chi connectivity index (χ2n) is 7.06. The Morgan fingerprint density at radius 3 is 3.00 bits per heavy atom. The number of methoxy groups -OCH3 is 2. The number of fused-ring (bicyclic) bond motifs is 2.